The number of nitrogens with one attached hydrogen (secondary N) is 1. The van der Waals surface area contributed by atoms with E-state index in [1.165, 1.54) is 6.07 Å². The van der Waals surface area contributed by atoms with Crippen molar-refractivity contribution in [1.29, 1.82) is 0 Å². The number of aromatic amines is 1. The average molecular weight is 210 g/mol. The van der Waals surface area contributed by atoms with Crippen LogP contribution >= 0.6 is 0 Å². The molecule has 0 saturated heterocycles. The maximum Gasteiger partial charge on any atom is 0.387 e. The molecule has 78 valence electrons. The molecule has 0 radical (unpaired) electrons. The lowest BCUT2D eigenvalue weighted by atomic mass is 10.1. The lowest BCUT2D eigenvalue weighted by Gasteiger charge is -2.07. The van der Waals surface area contributed by atoms with E-state index in [9.17, 15) is 8.78 Å². The number of rotatable bonds is 3. The van der Waals surface area contributed by atoms with E-state index >= 15 is 0 Å². The predicted octanol–water partition coefficient (Wildman–Crippen LogP) is 2.68. The van der Waals surface area contributed by atoms with Gasteiger partial charge in [0.05, 0.1) is 5.69 Å². The number of halogens is 2. The lowest BCUT2D eigenvalue weighted by Crippen LogP contribution is -2.03. The smallest absolute Gasteiger partial charge is 0.387 e. The molecule has 3 nitrogen and oxygen atoms in total. The van der Waals surface area contributed by atoms with E-state index in [-0.39, 0.29) is 5.75 Å². The summed E-state index contributed by atoms with van der Waals surface area (Å²) >= 11 is 0. The van der Waals surface area contributed by atoms with Gasteiger partial charge in [0.2, 0.25) is 0 Å². The van der Waals surface area contributed by atoms with Crippen LogP contribution in [0.25, 0.3) is 11.3 Å². The highest BCUT2D eigenvalue weighted by atomic mass is 19.3. The molecule has 0 spiro atoms. The number of alkyl halides is 2. The van der Waals surface area contributed by atoms with Gasteiger partial charge >= 0.3 is 6.61 Å². The SMILES string of the molecule is FC(F)Oc1ccccc1-c1cc[nH]n1. The van der Waals surface area contributed by atoms with Gasteiger partial charge in [0.1, 0.15) is 5.75 Å². The summed E-state index contributed by atoms with van der Waals surface area (Å²) in [5, 5.41) is 6.52. The summed E-state index contributed by atoms with van der Waals surface area (Å²) in [5.74, 6) is 0.125. The van der Waals surface area contributed by atoms with Crippen molar-refractivity contribution >= 4 is 0 Å². The van der Waals surface area contributed by atoms with E-state index in [2.05, 4.69) is 14.9 Å². The van der Waals surface area contributed by atoms with Crippen LogP contribution in [-0.4, -0.2) is 16.8 Å². The Morgan fingerprint density at radius 2 is 2.00 bits per heavy atom. The topological polar surface area (TPSA) is 37.9 Å². The summed E-state index contributed by atoms with van der Waals surface area (Å²) in [6, 6.07) is 8.22. The third-order valence-corrected chi connectivity index (χ3v) is 1.88. The number of benzene rings is 1. The van der Waals surface area contributed by atoms with Crippen molar-refractivity contribution in [2.24, 2.45) is 0 Å². The molecule has 2 rings (SSSR count). The molecule has 0 amide bonds. The highest BCUT2D eigenvalue weighted by molar-refractivity contribution is 5.66. The summed E-state index contributed by atoms with van der Waals surface area (Å²) in [6.45, 7) is -2.83. The molecule has 1 aromatic heterocycles. The van der Waals surface area contributed by atoms with Gasteiger partial charge in [0.25, 0.3) is 0 Å². The molecular weight excluding hydrogens is 202 g/mol. The first kappa shape index (κ1) is 9.64. The molecule has 15 heavy (non-hydrogen) atoms. The summed E-state index contributed by atoms with van der Waals surface area (Å²) < 4.78 is 28.6. The summed E-state index contributed by atoms with van der Waals surface area (Å²) in [4.78, 5) is 0. The Morgan fingerprint density at radius 3 is 2.67 bits per heavy atom. The van der Waals surface area contributed by atoms with Gasteiger partial charge in [-0.3, -0.25) is 5.10 Å². The van der Waals surface area contributed by atoms with Crippen molar-refractivity contribution in [1.82, 2.24) is 10.2 Å². The fourth-order valence-corrected chi connectivity index (χ4v) is 1.29. The molecule has 0 saturated carbocycles. The van der Waals surface area contributed by atoms with Crippen LogP contribution in [0.2, 0.25) is 0 Å². The summed E-state index contributed by atoms with van der Waals surface area (Å²) in [5.41, 5.74) is 1.12. The summed E-state index contributed by atoms with van der Waals surface area (Å²) in [6.07, 6.45) is 1.62. The van der Waals surface area contributed by atoms with E-state index in [1.54, 1.807) is 30.5 Å². The molecular formula is C10H8F2N2O. The van der Waals surface area contributed by atoms with Crippen LogP contribution in [0, 0.1) is 0 Å². The van der Waals surface area contributed by atoms with Gasteiger partial charge in [0.15, 0.2) is 0 Å². The largest absolute Gasteiger partial charge is 0.434 e. The molecule has 0 aliphatic heterocycles. The van der Waals surface area contributed by atoms with Crippen LogP contribution in [0.1, 0.15) is 0 Å². The number of para-hydroxylation sites is 1. The van der Waals surface area contributed by atoms with Crippen LogP contribution in [0.3, 0.4) is 0 Å². The highest BCUT2D eigenvalue weighted by Crippen LogP contribution is 2.28. The lowest BCUT2D eigenvalue weighted by molar-refractivity contribution is -0.0494. The second kappa shape index (κ2) is 4.08. The molecule has 1 aromatic carbocycles. The van der Waals surface area contributed by atoms with Gasteiger partial charge in [-0.05, 0) is 18.2 Å². The van der Waals surface area contributed by atoms with Gasteiger partial charge in [-0.15, -0.1) is 0 Å². The Labute approximate surface area is 84.7 Å². The van der Waals surface area contributed by atoms with Crippen molar-refractivity contribution in [3.05, 3.63) is 36.5 Å². The van der Waals surface area contributed by atoms with Gasteiger partial charge in [-0.1, -0.05) is 12.1 Å². The third-order valence-electron chi connectivity index (χ3n) is 1.88. The van der Waals surface area contributed by atoms with Gasteiger partial charge < -0.3 is 4.74 Å². The van der Waals surface area contributed by atoms with Crippen molar-refractivity contribution in [3.8, 4) is 17.0 Å². The fourth-order valence-electron chi connectivity index (χ4n) is 1.29. The molecule has 1 N–H and O–H groups in total. The zero-order chi connectivity index (χ0) is 10.7. The minimum absolute atomic E-state index is 0.125. The van der Waals surface area contributed by atoms with Crippen molar-refractivity contribution < 1.29 is 13.5 Å². The number of hydrogen-bond donors (Lipinski definition) is 1. The number of ether oxygens (including phenoxy) is 1. The molecule has 1 heterocycles. The van der Waals surface area contributed by atoms with Crippen molar-refractivity contribution in [2.75, 3.05) is 0 Å². The Kier molecular flexibility index (Phi) is 2.62. The predicted molar refractivity (Wildman–Crippen MR) is 50.7 cm³/mol. The summed E-state index contributed by atoms with van der Waals surface area (Å²) in [7, 11) is 0. The second-order valence-corrected chi connectivity index (χ2v) is 2.83. The molecule has 0 unspecified atom stereocenters. The van der Waals surface area contributed by atoms with E-state index in [0.29, 0.717) is 11.3 Å². The van der Waals surface area contributed by atoms with Gasteiger partial charge in [-0.25, -0.2) is 0 Å². The van der Waals surface area contributed by atoms with Crippen LogP contribution in [-0.2, 0) is 0 Å². The van der Waals surface area contributed by atoms with Gasteiger partial charge in [0, 0.05) is 11.8 Å². The Balaban J connectivity index is 2.38. The fraction of sp³-hybridized carbons (Fsp3) is 0.100. The molecule has 5 heteroatoms. The van der Waals surface area contributed by atoms with Crippen LogP contribution in [0.4, 0.5) is 8.78 Å². The molecule has 0 fully saturated rings. The van der Waals surface area contributed by atoms with Crippen molar-refractivity contribution in [3.63, 3.8) is 0 Å². The molecule has 0 atom stereocenters. The number of nitrogens with zero attached hydrogens (tertiary/aromatic N) is 1. The zero-order valence-electron chi connectivity index (χ0n) is 7.65. The minimum Gasteiger partial charge on any atom is -0.434 e. The third kappa shape index (κ3) is 2.12. The van der Waals surface area contributed by atoms with Crippen molar-refractivity contribution in [2.45, 2.75) is 6.61 Å². The van der Waals surface area contributed by atoms with E-state index in [0.717, 1.165) is 0 Å². The molecule has 0 aliphatic carbocycles. The van der Waals surface area contributed by atoms with Crippen LogP contribution < -0.4 is 4.74 Å². The highest BCUT2D eigenvalue weighted by Gasteiger charge is 2.11. The van der Waals surface area contributed by atoms with E-state index < -0.39 is 6.61 Å². The number of hydrogen-bond acceptors (Lipinski definition) is 2. The Morgan fingerprint density at radius 1 is 1.20 bits per heavy atom. The number of H-pyrrole nitrogens is 1. The van der Waals surface area contributed by atoms with Crippen LogP contribution in [0.15, 0.2) is 36.5 Å². The first-order chi connectivity index (χ1) is 7.27. The minimum atomic E-state index is -2.83. The standard InChI is InChI=1S/C10H8F2N2O/c11-10(12)15-9-4-2-1-3-7(9)8-5-6-13-14-8/h1-6,10H,(H,13,14). The van der Waals surface area contributed by atoms with Gasteiger partial charge in [-0.2, -0.15) is 13.9 Å². The Bertz CT molecular complexity index is 429. The maximum absolute atomic E-state index is 12.1. The van der Waals surface area contributed by atoms with Crippen LogP contribution in [0.5, 0.6) is 5.75 Å². The Hall–Kier alpha value is -1.91. The van der Waals surface area contributed by atoms with E-state index in [4.69, 9.17) is 0 Å². The normalized spacial score (nSPS) is 10.6. The first-order valence-electron chi connectivity index (χ1n) is 4.31. The average Bonchev–Trinajstić information content (AvgIpc) is 2.70. The van der Waals surface area contributed by atoms with E-state index in [1.807, 2.05) is 0 Å². The zero-order valence-corrected chi connectivity index (χ0v) is 7.65. The number of aromatic nitrogens is 2. The monoisotopic (exact) mass is 210 g/mol. The molecule has 2 aromatic rings. The second-order valence-electron chi connectivity index (χ2n) is 2.83. The molecule has 0 bridgehead atoms. The quantitative estimate of drug-likeness (QED) is 0.845. The maximum atomic E-state index is 12.1. The first-order valence-corrected chi connectivity index (χ1v) is 4.31. The molecule has 0 aliphatic rings.